The Balaban J connectivity index is 2.78. The van der Waals surface area contributed by atoms with Gasteiger partial charge in [-0.25, -0.2) is 0 Å². The van der Waals surface area contributed by atoms with Gasteiger partial charge in [0.05, 0.1) is 0 Å². The van der Waals surface area contributed by atoms with Crippen molar-refractivity contribution in [2.45, 2.75) is 39.0 Å². The zero-order valence-corrected chi connectivity index (χ0v) is 11.8. The maximum Gasteiger partial charge on any atom is 0.0412 e. The average molecular weight is 237 g/mol. The fraction of sp³-hybridized carbons (Fsp3) is 0.571. The van der Waals surface area contributed by atoms with Gasteiger partial charge in [0.25, 0.3) is 0 Å². The zero-order chi connectivity index (χ0) is 12.1. The Kier molecular flexibility index (Phi) is 5.36. The third-order valence-corrected chi connectivity index (χ3v) is 3.94. The van der Waals surface area contributed by atoms with E-state index in [-0.39, 0.29) is 0 Å². The molecule has 0 aliphatic rings. The molecule has 1 rings (SSSR count). The first kappa shape index (κ1) is 13.6. The molecule has 0 heterocycles. The first-order chi connectivity index (χ1) is 7.54. The largest absolute Gasteiger partial charge is 0.312 e. The van der Waals surface area contributed by atoms with Crippen molar-refractivity contribution >= 4 is 11.8 Å². The predicted molar refractivity (Wildman–Crippen MR) is 75.3 cm³/mol. The van der Waals surface area contributed by atoms with E-state index in [2.05, 4.69) is 51.2 Å². The van der Waals surface area contributed by atoms with E-state index in [1.807, 2.05) is 18.8 Å². The highest BCUT2D eigenvalue weighted by Gasteiger charge is 2.12. The summed E-state index contributed by atoms with van der Waals surface area (Å²) in [6.07, 6.45) is 0. The minimum atomic E-state index is 0.466. The molecule has 0 aromatic heterocycles. The fourth-order valence-corrected chi connectivity index (χ4v) is 2.76. The normalized spacial score (nSPS) is 13.1. The van der Waals surface area contributed by atoms with E-state index >= 15 is 0 Å². The highest BCUT2D eigenvalue weighted by molar-refractivity contribution is 7.99. The molecule has 1 atom stereocenters. The SMILES string of the molecule is CNC(CSC(C)C)c1ccc(C)cc1C. The molecule has 1 aromatic rings. The molecule has 0 radical (unpaired) electrons. The van der Waals surface area contributed by atoms with Gasteiger partial charge in [0, 0.05) is 11.8 Å². The quantitative estimate of drug-likeness (QED) is 0.838. The Bertz CT molecular complexity index is 334. The van der Waals surface area contributed by atoms with Crippen molar-refractivity contribution in [3.63, 3.8) is 0 Å². The number of hydrogen-bond acceptors (Lipinski definition) is 2. The molecule has 0 bridgehead atoms. The Morgan fingerprint density at radius 1 is 1.25 bits per heavy atom. The fourth-order valence-electron chi connectivity index (χ4n) is 1.83. The molecule has 0 spiro atoms. The smallest absolute Gasteiger partial charge is 0.0412 e. The molecule has 90 valence electrons. The van der Waals surface area contributed by atoms with Gasteiger partial charge < -0.3 is 5.32 Å². The molecule has 2 heteroatoms. The first-order valence-electron chi connectivity index (χ1n) is 5.90. The predicted octanol–water partition coefficient (Wildman–Crippen LogP) is 3.71. The van der Waals surface area contributed by atoms with Crippen molar-refractivity contribution in [2.24, 2.45) is 0 Å². The Hall–Kier alpha value is -0.470. The zero-order valence-electron chi connectivity index (χ0n) is 11.0. The van der Waals surface area contributed by atoms with Gasteiger partial charge in [-0.1, -0.05) is 37.6 Å². The van der Waals surface area contributed by atoms with E-state index in [1.165, 1.54) is 16.7 Å². The van der Waals surface area contributed by atoms with E-state index in [4.69, 9.17) is 0 Å². The van der Waals surface area contributed by atoms with Crippen LogP contribution < -0.4 is 5.32 Å². The third kappa shape index (κ3) is 3.84. The summed E-state index contributed by atoms with van der Waals surface area (Å²) in [7, 11) is 2.05. The van der Waals surface area contributed by atoms with Gasteiger partial charge in [0.15, 0.2) is 0 Å². The number of rotatable bonds is 5. The van der Waals surface area contributed by atoms with Gasteiger partial charge in [-0.05, 0) is 37.3 Å². The van der Waals surface area contributed by atoms with E-state index < -0.39 is 0 Å². The molecule has 1 aromatic carbocycles. The van der Waals surface area contributed by atoms with Crippen LogP contribution in [0.2, 0.25) is 0 Å². The van der Waals surface area contributed by atoms with Crippen LogP contribution in [0, 0.1) is 13.8 Å². The Morgan fingerprint density at radius 3 is 2.44 bits per heavy atom. The van der Waals surface area contributed by atoms with E-state index in [1.54, 1.807) is 0 Å². The molecule has 0 saturated heterocycles. The van der Waals surface area contributed by atoms with Crippen LogP contribution in [-0.4, -0.2) is 18.1 Å². The molecule has 1 N–H and O–H groups in total. The van der Waals surface area contributed by atoms with Crippen molar-refractivity contribution in [1.29, 1.82) is 0 Å². The van der Waals surface area contributed by atoms with Crippen LogP contribution in [0.15, 0.2) is 18.2 Å². The van der Waals surface area contributed by atoms with Crippen molar-refractivity contribution in [3.05, 3.63) is 34.9 Å². The lowest BCUT2D eigenvalue weighted by Gasteiger charge is -2.20. The summed E-state index contributed by atoms with van der Waals surface area (Å²) >= 11 is 2.01. The highest BCUT2D eigenvalue weighted by Crippen LogP contribution is 2.24. The summed E-state index contributed by atoms with van der Waals surface area (Å²) in [6, 6.07) is 7.19. The number of hydrogen-bond donors (Lipinski definition) is 1. The number of aryl methyl sites for hydroxylation is 2. The van der Waals surface area contributed by atoms with Crippen LogP contribution in [0.25, 0.3) is 0 Å². The van der Waals surface area contributed by atoms with Crippen LogP contribution in [-0.2, 0) is 0 Å². The van der Waals surface area contributed by atoms with Gasteiger partial charge in [-0.2, -0.15) is 11.8 Å². The second-order valence-corrected chi connectivity index (χ2v) is 6.19. The summed E-state index contributed by atoms with van der Waals surface area (Å²) in [4.78, 5) is 0. The molecule has 16 heavy (non-hydrogen) atoms. The number of nitrogens with one attached hydrogen (secondary N) is 1. The van der Waals surface area contributed by atoms with Crippen LogP contribution in [0.1, 0.15) is 36.6 Å². The summed E-state index contributed by atoms with van der Waals surface area (Å²) in [5, 5.41) is 4.11. The number of thioether (sulfide) groups is 1. The summed E-state index contributed by atoms with van der Waals surface area (Å²) in [5.41, 5.74) is 4.16. The van der Waals surface area contributed by atoms with Crippen LogP contribution in [0.5, 0.6) is 0 Å². The molecule has 1 nitrogen and oxygen atoms in total. The maximum absolute atomic E-state index is 3.41. The van der Waals surface area contributed by atoms with Gasteiger partial charge in [-0.3, -0.25) is 0 Å². The lowest BCUT2D eigenvalue weighted by atomic mass is 10.0. The molecule has 0 amide bonds. The Morgan fingerprint density at radius 2 is 1.94 bits per heavy atom. The molecular formula is C14H23NS. The lowest BCUT2D eigenvalue weighted by molar-refractivity contribution is 0.657. The highest BCUT2D eigenvalue weighted by atomic mass is 32.2. The van der Waals surface area contributed by atoms with Crippen LogP contribution >= 0.6 is 11.8 Å². The summed E-state index contributed by atoms with van der Waals surface area (Å²) in [6.45, 7) is 8.85. The summed E-state index contributed by atoms with van der Waals surface area (Å²) in [5.74, 6) is 1.14. The molecule has 0 aliphatic carbocycles. The van der Waals surface area contributed by atoms with Gasteiger partial charge in [-0.15, -0.1) is 0 Å². The molecule has 1 unspecified atom stereocenters. The molecule has 0 saturated carbocycles. The second-order valence-electron chi connectivity index (χ2n) is 4.58. The first-order valence-corrected chi connectivity index (χ1v) is 6.95. The third-order valence-electron chi connectivity index (χ3n) is 2.75. The standard InChI is InChI=1S/C14H23NS/c1-10(2)16-9-14(15-5)13-7-6-11(3)8-12(13)4/h6-8,10,14-15H,9H2,1-5H3. The van der Waals surface area contributed by atoms with Crippen molar-refractivity contribution < 1.29 is 0 Å². The second kappa shape index (κ2) is 6.31. The van der Waals surface area contributed by atoms with Crippen molar-refractivity contribution in [1.82, 2.24) is 5.32 Å². The van der Waals surface area contributed by atoms with Gasteiger partial charge >= 0.3 is 0 Å². The lowest BCUT2D eigenvalue weighted by Crippen LogP contribution is -2.20. The van der Waals surface area contributed by atoms with Gasteiger partial charge in [0.1, 0.15) is 0 Å². The topological polar surface area (TPSA) is 12.0 Å². The van der Waals surface area contributed by atoms with E-state index in [0.29, 0.717) is 11.3 Å². The van der Waals surface area contributed by atoms with Gasteiger partial charge in [0.2, 0.25) is 0 Å². The molecular weight excluding hydrogens is 214 g/mol. The maximum atomic E-state index is 3.41. The minimum Gasteiger partial charge on any atom is -0.312 e. The van der Waals surface area contributed by atoms with Crippen molar-refractivity contribution in [2.75, 3.05) is 12.8 Å². The molecule has 0 aliphatic heterocycles. The van der Waals surface area contributed by atoms with Crippen LogP contribution in [0.4, 0.5) is 0 Å². The minimum absolute atomic E-state index is 0.466. The van der Waals surface area contributed by atoms with Crippen LogP contribution in [0.3, 0.4) is 0 Å². The van der Waals surface area contributed by atoms with E-state index in [0.717, 1.165) is 5.75 Å². The number of benzene rings is 1. The van der Waals surface area contributed by atoms with Crippen molar-refractivity contribution in [3.8, 4) is 0 Å². The van der Waals surface area contributed by atoms with E-state index in [9.17, 15) is 0 Å². The Labute approximate surface area is 104 Å². The summed E-state index contributed by atoms with van der Waals surface area (Å²) < 4.78 is 0. The monoisotopic (exact) mass is 237 g/mol. The molecule has 0 fully saturated rings. The average Bonchev–Trinajstić information content (AvgIpc) is 2.21.